The van der Waals surface area contributed by atoms with E-state index in [4.69, 9.17) is 5.73 Å². The Morgan fingerprint density at radius 1 is 1.35 bits per heavy atom. The summed E-state index contributed by atoms with van der Waals surface area (Å²) in [6, 6.07) is 5.79. The fraction of sp³-hybridized carbons (Fsp3) is 0.200. The van der Waals surface area contributed by atoms with Crippen LogP contribution in [0.4, 0.5) is 4.79 Å². The maximum atomic E-state index is 11.8. The Labute approximate surface area is 98.4 Å². The van der Waals surface area contributed by atoms with E-state index in [0.717, 1.165) is 0 Å². The van der Waals surface area contributed by atoms with Crippen molar-refractivity contribution in [1.29, 1.82) is 0 Å². The van der Waals surface area contributed by atoms with Gasteiger partial charge in [-0.15, -0.1) is 0 Å². The number of carbonyl (C=O) groups excluding carboxylic acids is 1. The Morgan fingerprint density at radius 2 is 2.06 bits per heavy atom. The van der Waals surface area contributed by atoms with Crippen LogP contribution in [0.1, 0.15) is 12.0 Å². The van der Waals surface area contributed by atoms with Crippen LogP contribution in [0.15, 0.2) is 34.3 Å². The highest BCUT2D eigenvalue weighted by molar-refractivity contribution is 7.91. The van der Waals surface area contributed by atoms with Crippen molar-refractivity contribution in [2.75, 3.05) is 5.75 Å². The lowest BCUT2D eigenvalue weighted by molar-refractivity contribution is 0.249. The first kappa shape index (κ1) is 11.6. The predicted molar refractivity (Wildman–Crippen MR) is 62.4 cm³/mol. The Hall–Kier alpha value is -1.89. The van der Waals surface area contributed by atoms with Crippen LogP contribution in [0.2, 0.25) is 0 Å². The van der Waals surface area contributed by atoms with Crippen molar-refractivity contribution in [3.8, 4) is 0 Å². The summed E-state index contributed by atoms with van der Waals surface area (Å²) in [6.07, 6.45) is 0.264. The van der Waals surface area contributed by atoms with Gasteiger partial charge in [0, 0.05) is 12.0 Å². The number of sulfone groups is 1. The molecular formula is C10H11N3O3S. The number of hydrazone groups is 1. The lowest BCUT2D eigenvalue weighted by atomic mass is 10.1. The maximum Gasteiger partial charge on any atom is 0.332 e. The summed E-state index contributed by atoms with van der Waals surface area (Å²) in [5, 5.41) is 3.82. The third-order valence-electron chi connectivity index (χ3n) is 2.44. The van der Waals surface area contributed by atoms with E-state index in [9.17, 15) is 13.2 Å². The number of urea groups is 1. The average Bonchev–Trinajstić information content (AvgIpc) is 2.28. The van der Waals surface area contributed by atoms with E-state index >= 15 is 0 Å². The lowest BCUT2D eigenvalue weighted by Gasteiger charge is -2.17. The molecule has 7 heteroatoms. The second-order valence-electron chi connectivity index (χ2n) is 3.60. The first-order valence-corrected chi connectivity index (χ1v) is 6.60. The van der Waals surface area contributed by atoms with Crippen LogP contribution in [-0.2, 0) is 9.84 Å². The quantitative estimate of drug-likeness (QED) is 0.700. The number of amides is 2. The molecule has 1 aromatic carbocycles. The van der Waals surface area contributed by atoms with Gasteiger partial charge in [0.2, 0.25) is 0 Å². The van der Waals surface area contributed by atoms with Crippen LogP contribution in [-0.4, -0.2) is 25.9 Å². The minimum absolute atomic E-state index is 0.0106. The zero-order valence-electron chi connectivity index (χ0n) is 8.88. The molecule has 17 heavy (non-hydrogen) atoms. The third-order valence-corrected chi connectivity index (χ3v) is 4.21. The van der Waals surface area contributed by atoms with Gasteiger partial charge in [0.1, 0.15) is 0 Å². The van der Waals surface area contributed by atoms with E-state index < -0.39 is 15.9 Å². The molecule has 1 aliphatic rings. The van der Waals surface area contributed by atoms with E-state index in [1.165, 1.54) is 6.07 Å². The van der Waals surface area contributed by atoms with Crippen LogP contribution in [0.25, 0.3) is 0 Å². The fourth-order valence-corrected chi connectivity index (χ4v) is 3.18. The highest BCUT2D eigenvalue weighted by Gasteiger charge is 2.27. The summed E-state index contributed by atoms with van der Waals surface area (Å²) in [4.78, 5) is 10.8. The average molecular weight is 253 g/mol. The summed E-state index contributed by atoms with van der Waals surface area (Å²) < 4.78 is 23.6. The zero-order valence-corrected chi connectivity index (χ0v) is 9.70. The van der Waals surface area contributed by atoms with E-state index in [1.807, 2.05) is 0 Å². The van der Waals surface area contributed by atoms with Crippen LogP contribution in [0, 0.1) is 0 Å². The van der Waals surface area contributed by atoms with E-state index in [2.05, 4.69) is 10.5 Å². The molecule has 0 unspecified atom stereocenters. The van der Waals surface area contributed by atoms with Gasteiger partial charge in [0.05, 0.1) is 16.4 Å². The number of nitrogens with zero attached hydrogens (tertiary/aromatic N) is 1. The largest absolute Gasteiger partial charge is 0.350 e. The number of primary amides is 1. The van der Waals surface area contributed by atoms with Crippen molar-refractivity contribution >= 4 is 21.6 Å². The van der Waals surface area contributed by atoms with Crippen molar-refractivity contribution in [2.24, 2.45) is 10.8 Å². The molecule has 1 heterocycles. The number of hydrogen-bond acceptors (Lipinski definition) is 4. The van der Waals surface area contributed by atoms with Gasteiger partial charge >= 0.3 is 6.03 Å². The van der Waals surface area contributed by atoms with Crippen LogP contribution < -0.4 is 11.2 Å². The standard InChI is InChI=1S/C10H11N3O3S/c11-10(14)13-12-8-5-6-17(15,16)9-4-2-1-3-7(8)9/h1-4H,5-6H2,(H3,11,13,14)/b12-8+. The molecule has 0 atom stereocenters. The number of benzene rings is 1. The number of rotatable bonds is 1. The summed E-state index contributed by atoms with van der Waals surface area (Å²) in [6.45, 7) is 0. The van der Waals surface area contributed by atoms with Gasteiger partial charge in [0.25, 0.3) is 0 Å². The summed E-state index contributed by atoms with van der Waals surface area (Å²) in [5.74, 6) is -0.0106. The van der Waals surface area contributed by atoms with Crippen molar-refractivity contribution < 1.29 is 13.2 Å². The van der Waals surface area contributed by atoms with Crippen LogP contribution >= 0.6 is 0 Å². The molecule has 6 nitrogen and oxygen atoms in total. The van der Waals surface area contributed by atoms with Gasteiger partial charge in [0.15, 0.2) is 9.84 Å². The Kier molecular flexibility index (Phi) is 2.84. The van der Waals surface area contributed by atoms with Crippen LogP contribution in [0.5, 0.6) is 0 Å². The van der Waals surface area contributed by atoms with Crippen LogP contribution in [0.3, 0.4) is 0 Å². The Morgan fingerprint density at radius 3 is 2.76 bits per heavy atom. The third kappa shape index (κ3) is 2.28. The van der Waals surface area contributed by atoms with Crippen molar-refractivity contribution in [3.05, 3.63) is 29.8 Å². The number of nitrogens with two attached hydrogens (primary N) is 1. The van der Waals surface area contributed by atoms with Gasteiger partial charge in [-0.05, 0) is 6.07 Å². The second kappa shape index (κ2) is 4.17. The molecule has 3 N–H and O–H groups in total. The fourth-order valence-electron chi connectivity index (χ4n) is 1.69. The summed E-state index contributed by atoms with van der Waals surface area (Å²) in [7, 11) is -3.24. The van der Waals surface area contributed by atoms with E-state index in [-0.39, 0.29) is 17.1 Å². The molecule has 0 spiro atoms. The molecule has 0 aromatic heterocycles. The molecule has 90 valence electrons. The van der Waals surface area contributed by atoms with Crippen molar-refractivity contribution in [1.82, 2.24) is 5.43 Å². The molecule has 0 radical (unpaired) electrons. The monoisotopic (exact) mass is 253 g/mol. The molecule has 0 bridgehead atoms. The lowest BCUT2D eigenvalue weighted by Crippen LogP contribution is -2.28. The van der Waals surface area contributed by atoms with E-state index in [0.29, 0.717) is 11.3 Å². The first-order valence-electron chi connectivity index (χ1n) is 4.95. The van der Waals surface area contributed by atoms with E-state index in [1.54, 1.807) is 18.2 Å². The Bertz CT molecular complexity index is 593. The summed E-state index contributed by atoms with van der Waals surface area (Å²) in [5.41, 5.74) is 8.07. The highest BCUT2D eigenvalue weighted by Crippen LogP contribution is 2.24. The van der Waals surface area contributed by atoms with Gasteiger partial charge in [-0.1, -0.05) is 18.2 Å². The SMILES string of the molecule is NC(=O)N/N=C1\CCS(=O)(=O)c2ccccc21. The molecule has 0 aliphatic carbocycles. The number of fused-ring (bicyclic) bond motifs is 1. The van der Waals surface area contributed by atoms with Gasteiger partial charge in [-0.25, -0.2) is 18.6 Å². The molecule has 1 aromatic rings. The molecule has 2 rings (SSSR count). The first-order chi connectivity index (χ1) is 8.00. The van der Waals surface area contributed by atoms with Crippen molar-refractivity contribution in [2.45, 2.75) is 11.3 Å². The number of hydrogen-bond donors (Lipinski definition) is 2. The Balaban J connectivity index is 2.49. The highest BCUT2D eigenvalue weighted by atomic mass is 32.2. The van der Waals surface area contributed by atoms with Gasteiger partial charge in [-0.2, -0.15) is 5.10 Å². The van der Waals surface area contributed by atoms with Crippen molar-refractivity contribution in [3.63, 3.8) is 0 Å². The molecule has 2 amide bonds. The topological polar surface area (TPSA) is 102 Å². The maximum absolute atomic E-state index is 11.8. The second-order valence-corrected chi connectivity index (χ2v) is 5.68. The zero-order chi connectivity index (χ0) is 12.5. The van der Waals surface area contributed by atoms with Gasteiger partial charge < -0.3 is 5.73 Å². The number of carbonyl (C=O) groups is 1. The molecule has 0 saturated heterocycles. The molecular weight excluding hydrogens is 242 g/mol. The normalized spacial score (nSPS) is 19.6. The number of nitrogens with one attached hydrogen (secondary N) is 1. The predicted octanol–water partition coefficient (Wildman–Crippen LogP) is 0.236. The summed E-state index contributed by atoms with van der Waals surface area (Å²) >= 11 is 0. The molecule has 1 aliphatic heterocycles. The smallest absolute Gasteiger partial charge is 0.332 e. The van der Waals surface area contributed by atoms with Gasteiger partial charge in [-0.3, -0.25) is 0 Å². The molecule has 0 fully saturated rings. The minimum Gasteiger partial charge on any atom is -0.350 e. The molecule has 0 saturated carbocycles. The minimum atomic E-state index is -3.24.